The molecule has 1 heterocycles. The topological polar surface area (TPSA) is 15.3 Å². The highest BCUT2D eigenvalue weighted by Crippen LogP contribution is 2.30. The lowest BCUT2D eigenvalue weighted by Gasteiger charge is -2.35. The maximum atomic E-state index is 6.04. The maximum Gasteiger partial charge on any atom is 0.0526 e. The molecular weight excluding hydrogens is 288 g/mol. The molecule has 0 bridgehead atoms. The van der Waals surface area contributed by atoms with Crippen molar-refractivity contribution in [3.8, 4) is 0 Å². The van der Waals surface area contributed by atoms with Crippen molar-refractivity contribution in [1.29, 1.82) is 0 Å². The Balaban J connectivity index is 2.19. The van der Waals surface area contributed by atoms with Gasteiger partial charge in [0, 0.05) is 35.2 Å². The molecule has 2 rings (SSSR count). The van der Waals surface area contributed by atoms with Crippen molar-refractivity contribution in [2.24, 2.45) is 0 Å². The van der Waals surface area contributed by atoms with E-state index in [1.54, 1.807) is 0 Å². The quantitative estimate of drug-likeness (QED) is 0.902. The molecule has 0 aromatic heterocycles. The van der Waals surface area contributed by atoms with Crippen molar-refractivity contribution < 1.29 is 0 Å². The van der Waals surface area contributed by atoms with Gasteiger partial charge in [0.05, 0.1) is 5.69 Å². The average Bonchev–Trinajstić information content (AvgIpc) is 2.32. The van der Waals surface area contributed by atoms with Crippen molar-refractivity contribution in [2.45, 2.75) is 19.4 Å². The van der Waals surface area contributed by atoms with Crippen LogP contribution in [0, 0.1) is 0 Å². The summed E-state index contributed by atoms with van der Waals surface area (Å²) < 4.78 is 1.12. The minimum Gasteiger partial charge on any atom is -0.368 e. The summed E-state index contributed by atoms with van der Waals surface area (Å²) >= 11 is 9.63. The fourth-order valence-corrected chi connectivity index (χ4v) is 2.71. The lowest BCUT2D eigenvalue weighted by molar-refractivity contribution is 0.447. The number of piperazine rings is 1. The first-order chi connectivity index (χ1) is 7.70. The van der Waals surface area contributed by atoms with E-state index in [1.807, 2.05) is 18.2 Å². The van der Waals surface area contributed by atoms with Crippen molar-refractivity contribution in [1.82, 2.24) is 5.32 Å². The van der Waals surface area contributed by atoms with E-state index >= 15 is 0 Å². The second kappa shape index (κ2) is 5.39. The minimum absolute atomic E-state index is 0.583. The Hall–Kier alpha value is -0.250. The van der Waals surface area contributed by atoms with Gasteiger partial charge in [-0.2, -0.15) is 0 Å². The molecule has 1 saturated heterocycles. The first-order valence-corrected chi connectivity index (χ1v) is 6.81. The van der Waals surface area contributed by atoms with Gasteiger partial charge < -0.3 is 10.2 Å². The van der Waals surface area contributed by atoms with Gasteiger partial charge in [-0.1, -0.05) is 18.5 Å². The summed E-state index contributed by atoms with van der Waals surface area (Å²) in [7, 11) is 0. The Morgan fingerprint density at radius 1 is 1.56 bits per heavy atom. The Bertz CT molecular complexity index is 370. The van der Waals surface area contributed by atoms with Gasteiger partial charge in [0.15, 0.2) is 0 Å². The molecule has 88 valence electrons. The third kappa shape index (κ3) is 2.70. The fraction of sp³-hybridized carbons (Fsp3) is 0.500. The zero-order valence-electron chi connectivity index (χ0n) is 9.34. The summed E-state index contributed by atoms with van der Waals surface area (Å²) in [5.41, 5.74) is 1.20. The maximum absolute atomic E-state index is 6.04. The second-order valence-corrected chi connectivity index (χ2v) is 5.39. The molecule has 1 aromatic rings. The predicted molar refractivity (Wildman–Crippen MR) is 73.4 cm³/mol. The van der Waals surface area contributed by atoms with Crippen LogP contribution in [0.3, 0.4) is 0 Å². The number of hydrogen-bond acceptors (Lipinski definition) is 2. The monoisotopic (exact) mass is 302 g/mol. The van der Waals surface area contributed by atoms with Crippen molar-refractivity contribution in [3.63, 3.8) is 0 Å². The van der Waals surface area contributed by atoms with Crippen molar-refractivity contribution in [2.75, 3.05) is 24.5 Å². The van der Waals surface area contributed by atoms with E-state index in [0.717, 1.165) is 35.6 Å². The zero-order chi connectivity index (χ0) is 11.5. The Morgan fingerprint density at radius 3 is 3.12 bits per heavy atom. The van der Waals surface area contributed by atoms with E-state index in [0.29, 0.717) is 6.04 Å². The SMILES string of the molecule is CCC1CN(c2cc(Cl)ccc2Br)CCN1. The predicted octanol–water partition coefficient (Wildman–Crippen LogP) is 3.29. The zero-order valence-corrected chi connectivity index (χ0v) is 11.7. The molecule has 1 aliphatic rings. The summed E-state index contributed by atoms with van der Waals surface area (Å²) in [6, 6.07) is 6.54. The number of halogens is 2. The van der Waals surface area contributed by atoms with Gasteiger partial charge in [0.25, 0.3) is 0 Å². The molecule has 2 nitrogen and oxygen atoms in total. The molecule has 0 spiro atoms. The van der Waals surface area contributed by atoms with Gasteiger partial charge in [-0.3, -0.25) is 0 Å². The van der Waals surface area contributed by atoms with Gasteiger partial charge in [-0.15, -0.1) is 0 Å². The number of nitrogens with one attached hydrogen (secondary N) is 1. The molecule has 0 radical (unpaired) electrons. The lowest BCUT2D eigenvalue weighted by Crippen LogP contribution is -2.50. The van der Waals surface area contributed by atoms with Crippen LogP contribution >= 0.6 is 27.5 Å². The van der Waals surface area contributed by atoms with Gasteiger partial charge in [0.1, 0.15) is 0 Å². The summed E-state index contributed by atoms with van der Waals surface area (Å²) in [6.45, 7) is 5.34. The van der Waals surface area contributed by atoms with E-state index in [9.17, 15) is 0 Å². The molecule has 1 unspecified atom stereocenters. The summed E-state index contributed by atoms with van der Waals surface area (Å²) in [5.74, 6) is 0. The fourth-order valence-electron chi connectivity index (χ4n) is 2.05. The average molecular weight is 304 g/mol. The van der Waals surface area contributed by atoms with E-state index in [2.05, 4.69) is 33.1 Å². The van der Waals surface area contributed by atoms with E-state index < -0.39 is 0 Å². The highest BCUT2D eigenvalue weighted by Gasteiger charge is 2.19. The molecule has 1 aliphatic heterocycles. The van der Waals surface area contributed by atoms with Crippen LogP contribution < -0.4 is 10.2 Å². The number of hydrogen-bond donors (Lipinski definition) is 1. The Kier molecular flexibility index (Phi) is 4.11. The van der Waals surface area contributed by atoms with E-state index in [-0.39, 0.29) is 0 Å². The third-order valence-corrected chi connectivity index (χ3v) is 3.90. The number of benzene rings is 1. The highest BCUT2D eigenvalue weighted by molar-refractivity contribution is 9.10. The molecule has 1 aromatic carbocycles. The summed E-state index contributed by atoms with van der Waals surface area (Å²) in [6.07, 6.45) is 1.16. The first kappa shape index (κ1) is 12.2. The van der Waals surface area contributed by atoms with Crippen molar-refractivity contribution in [3.05, 3.63) is 27.7 Å². The molecule has 16 heavy (non-hydrogen) atoms. The molecule has 1 fully saturated rings. The first-order valence-electron chi connectivity index (χ1n) is 5.64. The summed E-state index contributed by atoms with van der Waals surface area (Å²) in [5, 5.41) is 4.31. The van der Waals surface area contributed by atoms with Gasteiger partial charge in [-0.25, -0.2) is 0 Å². The second-order valence-electron chi connectivity index (χ2n) is 4.10. The normalized spacial score (nSPS) is 21.2. The molecule has 1 atom stereocenters. The molecular formula is C12H16BrClN2. The van der Waals surface area contributed by atoms with Crippen LogP contribution in [-0.2, 0) is 0 Å². The van der Waals surface area contributed by atoms with Crippen LogP contribution in [0.1, 0.15) is 13.3 Å². The lowest BCUT2D eigenvalue weighted by atomic mass is 10.1. The number of nitrogens with zero attached hydrogens (tertiary/aromatic N) is 1. The summed E-state index contributed by atoms with van der Waals surface area (Å²) in [4.78, 5) is 2.39. The van der Waals surface area contributed by atoms with E-state index in [4.69, 9.17) is 11.6 Å². The van der Waals surface area contributed by atoms with Crippen LogP contribution in [0.15, 0.2) is 22.7 Å². The minimum atomic E-state index is 0.583. The van der Waals surface area contributed by atoms with Crippen LogP contribution in [0.2, 0.25) is 5.02 Å². The highest BCUT2D eigenvalue weighted by atomic mass is 79.9. The Labute approximate surface area is 110 Å². The number of rotatable bonds is 2. The van der Waals surface area contributed by atoms with E-state index in [1.165, 1.54) is 5.69 Å². The molecule has 0 saturated carbocycles. The molecule has 0 aliphatic carbocycles. The molecule has 0 amide bonds. The smallest absolute Gasteiger partial charge is 0.0526 e. The van der Waals surface area contributed by atoms with Crippen LogP contribution in [0.4, 0.5) is 5.69 Å². The van der Waals surface area contributed by atoms with Crippen LogP contribution in [0.25, 0.3) is 0 Å². The molecule has 4 heteroatoms. The standard InChI is InChI=1S/C12H16BrClN2/c1-2-10-8-16(6-5-15-10)12-7-9(14)3-4-11(12)13/h3-4,7,10,15H,2,5-6,8H2,1H3. The Morgan fingerprint density at radius 2 is 2.38 bits per heavy atom. The van der Waals surface area contributed by atoms with Crippen LogP contribution in [-0.4, -0.2) is 25.7 Å². The number of anilines is 1. The van der Waals surface area contributed by atoms with Gasteiger partial charge >= 0.3 is 0 Å². The van der Waals surface area contributed by atoms with Gasteiger partial charge in [0.2, 0.25) is 0 Å². The van der Waals surface area contributed by atoms with Crippen LogP contribution in [0.5, 0.6) is 0 Å². The van der Waals surface area contributed by atoms with Crippen molar-refractivity contribution >= 4 is 33.2 Å². The largest absolute Gasteiger partial charge is 0.368 e. The third-order valence-electron chi connectivity index (χ3n) is 3.00. The molecule has 1 N–H and O–H groups in total. The van der Waals surface area contributed by atoms with Gasteiger partial charge in [-0.05, 0) is 40.5 Å².